The van der Waals surface area contributed by atoms with Gasteiger partial charge in [0.1, 0.15) is 0 Å². The molecule has 0 fully saturated rings. The lowest BCUT2D eigenvalue weighted by molar-refractivity contribution is 0.221. The molecule has 16 nitrogen and oxygen atoms in total. The Morgan fingerprint density at radius 2 is 0.875 bits per heavy atom. The van der Waals surface area contributed by atoms with Gasteiger partial charge in [-0.3, -0.25) is 0 Å². The fourth-order valence-electron chi connectivity index (χ4n) is 1.27. The third-order valence-corrected chi connectivity index (χ3v) is 5.57. The monoisotopic (exact) mass is 548 g/mol. The Morgan fingerprint density at radius 3 is 1.03 bits per heavy atom. The van der Waals surface area contributed by atoms with Gasteiger partial charge in [0.25, 0.3) is 0 Å². The zero-order chi connectivity index (χ0) is 25.9. The summed E-state index contributed by atoms with van der Waals surface area (Å²) in [5, 5.41) is 6.54. The SMILES string of the molecule is C=C=CCNCCCCNCC=C=C.O=P(O)(O)OP(=O)(O)O.O=P(O)(O)OP(=O)(O)O. The van der Waals surface area contributed by atoms with Crippen LogP contribution in [0.4, 0.5) is 0 Å². The Morgan fingerprint density at radius 1 is 0.625 bits per heavy atom. The van der Waals surface area contributed by atoms with Gasteiger partial charge in [0, 0.05) is 13.1 Å². The van der Waals surface area contributed by atoms with Crippen molar-refractivity contribution in [1.82, 2.24) is 10.6 Å². The number of rotatable bonds is 13. The van der Waals surface area contributed by atoms with E-state index in [1.54, 1.807) is 0 Å². The van der Waals surface area contributed by atoms with Gasteiger partial charge in [-0.25, -0.2) is 18.3 Å². The van der Waals surface area contributed by atoms with Gasteiger partial charge in [-0.15, -0.1) is 11.5 Å². The van der Waals surface area contributed by atoms with Crippen LogP contribution in [0, 0.1) is 0 Å². The molecule has 10 N–H and O–H groups in total. The van der Waals surface area contributed by atoms with Crippen molar-refractivity contribution in [3.63, 3.8) is 0 Å². The summed E-state index contributed by atoms with van der Waals surface area (Å²) in [6.07, 6.45) is 6.17. The Bertz CT molecular complexity index is 678. The second-order valence-electron chi connectivity index (χ2n) is 5.06. The quantitative estimate of drug-likeness (QED) is 0.0824. The second kappa shape index (κ2) is 18.9. The highest BCUT2D eigenvalue weighted by atomic mass is 31.3. The van der Waals surface area contributed by atoms with Crippen molar-refractivity contribution in [3.8, 4) is 0 Å². The Labute approximate surface area is 184 Å². The summed E-state index contributed by atoms with van der Waals surface area (Å²) < 4.78 is 44.4. The minimum atomic E-state index is -5.05. The summed E-state index contributed by atoms with van der Waals surface area (Å²) in [7, 11) is -20.2. The van der Waals surface area contributed by atoms with Crippen LogP contribution in [0.3, 0.4) is 0 Å². The van der Waals surface area contributed by atoms with E-state index in [0.29, 0.717) is 0 Å². The van der Waals surface area contributed by atoms with Gasteiger partial charge in [-0.05, 0) is 38.1 Å². The largest absolute Gasteiger partial charge is 0.478 e. The molecule has 0 aromatic carbocycles. The van der Waals surface area contributed by atoms with E-state index in [1.165, 1.54) is 12.8 Å². The molecular weight excluding hydrogens is 520 g/mol. The van der Waals surface area contributed by atoms with E-state index >= 15 is 0 Å². The minimum absolute atomic E-state index is 0.871. The zero-order valence-electron chi connectivity index (χ0n) is 16.6. The lowest BCUT2D eigenvalue weighted by Gasteiger charge is -2.03. The van der Waals surface area contributed by atoms with Crippen molar-refractivity contribution in [2.24, 2.45) is 0 Å². The maximum Gasteiger partial charge on any atom is 0.478 e. The van der Waals surface area contributed by atoms with Gasteiger partial charge in [-0.1, -0.05) is 13.2 Å². The Hall–Kier alpha value is -0.520. The topological polar surface area (TPSA) is 273 Å². The van der Waals surface area contributed by atoms with Crippen molar-refractivity contribution < 1.29 is 66.0 Å². The highest BCUT2D eigenvalue weighted by Gasteiger charge is 2.28. The number of unbranched alkanes of at least 4 members (excludes halogenated alkanes) is 1. The average Bonchev–Trinajstić information content (AvgIpc) is 2.51. The molecule has 0 aromatic heterocycles. The molecule has 0 spiro atoms. The van der Waals surface area contributed by atoms with Crippen molar-refractivity contribution in [1.29, 1.82) is 0 Å². The van der Waals surface area contributed by atoms with E-state index in [4.69, 9.17) is 39.1 Å². The molecule has 0 radical (unpaired) electrons. The minimum Gasteiger partial charge on any atom is -0.313 e. The first kappa shape index (κ1) is 36.1. The first-order valence-corrected chi connectivity index (χ1v) is 14.2. The molecule has 0 unspecified atom stereocenters. The molecule has 0 saturated carbocycles. The second-order valence-corrected chi connectivity index (χ2v) is 10.3. The summed E-state index contributed by atoms with van der Waals surface area (Å²) in [5.74, 6) is 0. The Kier molecular flexibility index (Phi) is 21.2. The average molecular weight is 548 g/mol. The van der Waals surface area contributed by atoms with E-state index < -0.39 is 31.3 Å². The predicted molar refractivity (Wildman–Crippen MR) is 113 cm³/mol. The van der Waals surface area contributed by atoms with Crippen LogP contribution >= 0.6 is 31.3 Å². The van der Waals surface area contributed by atoms with E-state index in [0.717, 1.165) is 26.2 Å². The fourth-order valence-corrected chi connectivity index (χ4v) is 3.49. The van der Waals surface area contributed by atoms with Gasteiger partial charge in [0.05, 0.1) is 0 Å². The lowest BCUT2D eigenvalue weighted by atomic mass is 10.3. The van der Waals surface area contributed by atoms with Crippen molar-refractivity contribution >= 4 is 31.3 Å². The van der Waals surface area contributed by atoms with Gasteiger partial charge in [-0.2, -0.15) is 8.62 Å². The molecule has 0 aliphatic heterocycles. The van der Waals surface area contributed by atoms with Gasteiger partial charge in [0.15, 0.2) is 0 Å². The summed E-state index contributed by atoms with van der Waals surface area (Å²) in [6.45, 7) is 10.8. The van der Waals surface area contributed by atoms with Crippen LogP contribution < -0.4 is 10.6 Å². The molecule has 0 heterocycles. The molecule has 0 atom stereocenters. The zero-order valence-corrected chi connectivity index (χ0v) is 20.2. The van der Waals surface area contributed by atoms with Crippen LogP contribution in [-0.2, 0) is 26.9 Å². The van der Waals surface area contributed by atoms with Gasteiger partial charge in [0.2, 0.25) is 0 Å². The van der Waals surface area contributed by atoms with Crippen LogP contribution in [-0.4, -0.2) is 65.3 Å². The summed E-state index contributed by atoms with van der Waals surface area (Å²) in [6, 6.07) is 0. The van der Waals surface area contributed by atoms with Crippen molar-refractivity contribution in [2.75, 3.05) is 26.2 Å². The smallest absolute Gasteiger partial charge is 0.313 e. The standard InChI is InChI=1S/C12H20N2.2H4O7P2/c1-3-5-9-13-11-7-8-12-14-10-6-4-2;2*1-8(2,3)7-9(4,5)6/h5-6,13-14H,1-2,7-12H2;2*(H2,1,2,3)(H2,4,5,6). The molecular formula is C12H28N2O14P4. The first-order chi connectivity index (χ1) is 14.3. The molecule has 0 rings (SSSR count). The molecule has 0 amide bonds. The predicted octanol–water partition coefficient (Wildman–Crippen LogP) is 0.00480. The maximum absolute atomic E-state index is 9.63. The summed E-state index contributed by atoms with van der Waals surface area (Å²) >= 11 is 0. The molecule has 32 heavy (non-hydrogen) atoms. The van der Waals surface area contributed by atoms with Crippen LogP contribution in [0.15, 0.2) is 36.8 Å². The van der Waals surface area contributed by atoms with E-state index in [9.17, 15) is 18.3 Å². The molecule has 0 aliphatic rings. The van der Waals surface area contributed by atoms with Crippen LogP contribution in [0.1, 0.15) is 12.8 Å². The lowest BCUT2D eigenvalue weighted by Crippen LogP contribution is -2.18. The molecule has 0 aromatic rings. The fraction of sp³-hybridized carbons (Fsp3) is 0.500. The molecule has 0 aliphatic carbocycles. The van der Waals surface area contributed by atoms with Crippen LogP contribution in [0.2, 0.25) is 0 Å². The van der Waals surface area contributed by atoms with E-state index in [1.807, 2.05) is 12.2 Å². The van der Waals surface area contributed by atoms with Crippen molar-refractivity contribution in [3.05, 3.63) is 36.8 Å². The van der Waals surface area contributed by atoms with Gasteiger partial charge < -0.3 is 49.8 Å². The summed E-state index contributed by atoms with van der Waals surface area (Å²) in [5.41, 5.74) is 5.45. The molecule has 0 saturated heterocycles. The maximum atomic E-state index is 9.63. The molecule has 0 bridgehead atoms. The number of hydrogen-bond acceptors (Lipinski definition) is 8. The van der Waals surface area contributed by atoms with E-state index in [-0.39, 0.29) is 0 Å². The first-order valence-electron chi connectivity index (χ1n) is 8.08. The third kappa shape index (κ3) is 47.3. The highest BCUT2D eigenvalue weighted by molar-refractivity contribution is 7.60. The molecule has 190 valence electrons. The molecule has 20 heteroatoms. The normalized spacial score (nSPS) is 11.6. The van der Waals surface area contributed by atoms with E-state index in [2.05, 4.69) is 43.9 Å². The van der Waals surface area contributed by atoms with Crippen molar-refractivity contribution in [2.45, 2.75) is 12.8 Å². The number of hydrogen-bond donors (Lipinski definition) is 10. The van der Waals surface area contributed by atoms with Crippen LogP contribution in [0.25, 0.3) is 0 Å². The summed E-state index contributed by atoms with van der Waals surface area (Å²) in [4.78, 5) is 62.0. The number of nitrogens with one attached hydrogen (secondary N) is 2. The van der Waals surface area contributed by atoms with Gasteiger partial charge >= 0.3 is 31.3 Å². The Balaban J connectivity index is -0.000000411. The van der Waals surface area contributed by atoms with Crippen LogP contribution in [0.5, 0.6) is 0 Å². The number of phosphoric acid groups is 4. The highest BCUT2D eigenvalue weighted by Crippen LogP contribution is 2.54. The third-order valence-electron chi connectivity index (χ3n) is 2.16.